The molecule has 2 heterocycles. The standard InChI is InChI=1S/C11H18Si/c1-11(2,3)9-6-8-7-10(9)12(8,4)5/h6H,7H2,1-5H3. The smallest absolute Gasteiger partial charge is 0.0725 e. The minimum Gasteiger partial charge on any atom is -0.0725 e. The lowest BCUT2D eigenvalue weighted by atomic mass is 9.87. The van der Waals surface area contributed by atoms with Crippen molar-refractivity contribution in [2.24, 2.45) is 5.41 Å². The van der Waals surface area contributed by atoms with Crippen LogP contribution in [0.3, 0.4) is 0 Å². The molecule has 3 rings (SSSR count). The van der Waals surface area contributed by atoms with E-state index in [1.807, 2.05) is 5.20 Å². The van der Waals surface area contributed by atoms with Crippen LogP contribution in [-0.4, -0.2) is 8.07 Å². The van der Waals surface area contributed by atoms with Gasteiger partial charge < -0.3 is 0 Å². The zero-order chi connectivity index (χ0) is 9.15. The molecular weight excluding hydrogens is 160 g/mol. The fourth-order valence-electron chi connectivity index (χ4n) is 2.31. The molecular formula is C11H18Si. The van der Waals surface area contributed by atoms with Crippen LogP contribution in [0.15, 0.2) is 22.0 Å². The second kappa shape index (κ2) is 1.95. The summed E-state index contributed by atoms with van der Waals surface area (Å²) in [6.07, 6.45) is 3.81. The normalized spacial score (nSPS) is 25.6. The van der Waals surface area contributed by atoms with Gasteiger partial charge in [0.1, 0.15) is 8.07 Å². The SMILES string of the molecule is CC(C)(C)C1=C2CC(=C1)[Si]2(C)C. The van der Waals surface area contributed by atoms with E-state index in [1.54, 1.807) is 10.8 Å². The van der Waals surface area contributed by atoms with Crippen molar-refractivity contribution in [3.8, 4) is 0 Å². The molecule has 0 spiro atoms. The number of rotatable bonds is 0. The van der Waals surface area contributed by atoms with Gasteiger partial charge in [0, 0.05) is 0 Å². The quantitative estimate of drug-likeness (QED) is 0.498. The molecule has 2 aliphatic heterocycles. The van der Waals surface area contributed by atoms with Crippen LogP contribution < -0.4 is 0 Å². The molecule has 2 bridgehead atoms. The summed E-state index contributed by atoms with van der Waals surface area (Å²) in [7, 11) is -0.978. The summed E-state index contributed by atoms with van der Waals surface area (Å²) < 4.78 is 0. The third-order valence-corrected chi connectivity index (χ3v) is 7.26. The summed E-state index contributed by atoms with van der Waals surface area (Å²) >= 11 is 0. The lowest BCUT2D eigenvalue weighted by molar-refractivity contribution is 0.516. The van der Waals surface area contributed by atoms with E-state index in [9.17, 15) is 0 Å². The van der Waals surface area contributed by atoms with Crippen molar-refractivity contribution in [2.45, 2.75) is 40.3 Å². The Morgan fingerprint density at radius 2 is 1.83 bits per heavy atom. The summed E-state index contributed by atoms with van der Waals surface area (Å²) in [6, 6.07) is 0. The van der Waals surface area contributed by atoms with Crippen molar-refractivity contribution in [1.29, 1.82) is 0 Å². The van der Waals surface area contributed by atoms with E-state index in [4.69, 9.17) is 0 Å². The van der Waals surface area contributed by atoms with Crippen LogP contribution >= 0.6 is 0 Å². The first kappa shape index (κ1) is 8.30. The maximum atomic E-state index is 2.49. The molecule has 0 unspecified atom stereocenters. The first-order valence-electron chi connectivity index (χ1n) is 4.78. The van der Waals surface area contributed by atoms with E-state index in [0.717, 1.165) is 0 Å². The molecule has 1 aliphatic carbocycles. The van der Waals surface area contributed by atoms with Crippen molar-refractivity contribution in [3.63, 3.8) is 0 Å². The van der Waals surface area contributed by atoms with E-state index in [-0.39, 0.29) is 0 Å². The van der Waals surface area contributed by atoms with Crippen LogP contribution in [0.5, 0.6) is 0 Å². The van der Waals surface area contributed by atoms with E-state index < -0.39 is 8.07 Å². The molecule has 1 fully saturated rings. The topological polar surface area (TPSA) is 0 Å². The highest BCUT2D eigenvalue weighted by Crippen LogP contribution is 2.53. The predicted octanol–water partition coefficient (Wildman–Crippen LogP) is 3.46. The monoisotopic (exact) mass is 178 g/mol. The summed E-state index contributed by atoms with van der Waals surface area (Å²) in [5.41, 5.74) is 2.05. The van der Waals surface area contributed by atoms with Gasteiger partial charge in [-0.15, -0.1) is 0 Å². The van der Waals surface area contributed by atoms with Crippen molar-refractivity contribution >= 4 is 8.07 Å². The highest BCUT2D eigenvalue weighted by Gasteiger charge is 2.47. The van der Waals surface area contributed by atoms with Crippen molar-refractivity contribution in [3.05, 3.63) is 22.0 Å². The van der Waals surface area contributed by atoms with Gasteiger partial charge in [0.2, 0.25) is 0 Å². The highest BCUT2D eigenvalue weighted by atomic mass is 28.3. The summed E-state index contributed by atoms with van der Waals surface area (Å²) in [5.74, 6) is 0. The maximum Gasteiger partial charge on any atom is 0.104 e. The molecule has 1 saturated heterocycles. The molecule has 66 valence electrons. The number of hydrogen-bond acceptors (Lipinski definition) is 0. The lowest BCUT2D eigenvalue weighted by Crippen LogP contribution is -2.40. The first-order valence-corrected chi connectivity index (χ1v) is 7.78. The molecule has 0 saturated carbocycles. The molecule has 0 atom stereocenters. The van der Waals surface area contributed by atoms with Crippen molar-refractivity contribution in [2.75, 3.05) is 0 Å². The molecule has 0 aromatic heterocycles. The second-order valence-electron chi connectivity index (χ2n) is 5.61. The second-order valence-corrected chi connectivity index (χ2v) is 10.1. The maximum absolute atomic E-state index is 2.49. The zero-order valence-electron chi connectivity index (χ0n) is 8.78. The van der Waals surface area contributed by atoms with E-state index in [1.165, 1.54) is 6.42 Å². The van der Waals surface area contributed by atoms with Crippen LogP contribution in [0.4, 0.5) is 0 Å². The Balaban J connectivity index is 2.46. The molecule has 3 aliphatic rings. The Labute approximate surface area is 76.4 Å². The van der Waals surface area contributed by atoms with Gasteiger partial charge in [0.15, 0.2) is 0 Å². The van der Waals surface area contributed by atoms with Crippen LogP contribution in [0, 0.1) is 5.41 Å². The Morgan fingerprint density at radius 3 is 2.00 bits per heavy atom. The van der Waals surface area contributed by atoms with Crippen molar-refractivity contribution < 1.29 is 0 Å². The first-order chi connectivity index (χ1) is 5.33. The number of fused-ring (bicyclic) bond motifs is 1. The van der Waals surface area contributed by atoms with Crippen LogP contribution in [0.1, 0.15) is 27.2 Å². The van der Waals surface area contributed by atoms with Gasteiger partial charge in [-0.2, -0.15) is 0 Å². The van der Waals surface area contributed by atoms with Crippen LogP contribution in [-0.2, 0) is 0 Å². The van der Waals surface area contributed by atoms with Gasteiger partial charge >= 0.3 is 0 Å². The molecule has 0 radical (unpaired) electrons. The van der Waals surface area contributed by atoms with Crippen molar-refractivity contribution in [1.82, 2.24) is 0 Å². The number of hydrogen-bond donors (Lipinski definition) is 0. The van der Waals surface area contributed by atoms with Gasteiger partial charge in [-0.1, -0.05) is 50.3 Å². The number of allylic oxidation sites excluding steroid dienone is 4. The van der Waals surface area contributed by atoms with Gasteiger partial charge in [-0.25, -0.2) is 0 Å². The third-order valence-electron chi connectivity index (χ3n) is 3.38. The summed E-state index contributed by atoms with van der Waals surface area (Å²) in [5, 5.41) is 3.60. The van der Waals surface area contributed by atoms with Crippen LogP contribution in [0.25, 0.3) is 0 Å². The third kappa shape index (κ3) is 0.832. The molecule has 0 aromatic carbocycles. The highest BCUT2D eigenvalue weighted by molar-refractivity contribution is 6.95. The van der Waals surface area contributed by atoms with Gasteiger partial charge in [0.05, 0.1) is 0 Å². The average molecular weight is 178 g/mol. The summed E-state index contributed by atoms with van der Waals surface area (Å²) in [4.78, 5) is 0. The fourth-order valence-corrected chi connectivity index (χ4v) is 5.28. The predicted molar refractivity (Wildman–Crippen MR) is 56.7 cm³/mol. The van der Waals surface area contributed by atoms with Gasteiger partial charge in [-0.05, 0) is 17.4 Å². The summed E-state index contributed by atoms with van der Waals surface area (Å²) in [6.45, 7) is 12.0. The van der Waals surface area contributed by atoms with Gasteiger partial charge in [0.25, 0.3) is 0 Å². The zero-order valence-corrected chi connectivity index (χ0v) is 9.78. The van der Waals surface area contributed by atoms with E-state index in [0.29, 0.717) is 5.41 Å². The fraction of sp³-hybridized carbons (Fsp3) is 0.636. The molecule has 0 amide bonds. The molecule has 1 heteroatoms. The molecule has 0 nitrogen and oxygen atoms in total. The Morgan fingerprint density at radius 1 is 1.25 bits per heavy atom. The Hall–Kier alpha value is -0.303. The minimum absolute atomic E-state index is 0.387. The largest absolute Gasteiger partial charge is 0.104 e. The van der Waals surface area contributed by atoms with Gasteiger partial charge in [-0.3, -0.25) is 0 Å². The lowest BCUT2D eigenvalue weighted by Gasteiger charge is -2.37. The molecule has 0 N–H and O–H groups in total. The van der Waals surface area contributed by atoms with Crippen LogP contribution in [0.2, 0.25) is 13.1 Å². The van der Waals surface area contributed by atoms with E-state index >= 15 is 0 Å². The minimum atomic E-state index is -0.978. The molecule has 0 aromatic rings. The molecule has 12 heavy (non-hydrogen) atoms. The average Bonchev–Trinajstić information content (AvgIpc) is 2.38. The Kier molecular flexibility index (Phi) is 1.35. The Bertz CT molecular complexity index is 297. The van der Waals surface area contributed by atoms with E-state index in [2.05, 4.69) is 39.9 Å².